The van der Waals surface area contributed by atoms with Crippen LogP contribution in [0, 0.1) is 0 Å². The average Bonchev–Trinajstić information content (AvgIpc) is 2.93. The molecule has 0 unspecified atom stereocenters. The lowest BCUT2D eigenvalue weighted by molar-refractivity contribution is -0.120. The fraction of sp³-hybridized carbons (Fsp3) is 0.355. The van der Waals surface area contributed by atoms with Gasteiger partial charge in [0.05, 0.1) is 14.2 Å². The number of aromatic nitrogens is 1. The van der Waals surface area contributed by atoms with Crippen LogP contribution in [-0.4, -0.2) is 56.3 Å². The Bertz CT molecular complexity index is 1260. The third kappa shape index (κ3) is 8.92. The van der Waals surface area contributed by atoms with E-state index in [2.05, 4.69) is 23.3 Å². The molecule has 7 nitrogen and oxygen atoms in total. The highest BCUT2D eigenvalue weighted by atomic mass is 16.5. The molecule has 0 radical (unpaired) electrons. The largest absolute Gasteiger partial charge is 0.493 e. The van der Waals surface area contributed by atoms with Crippen molar-refractivity contribution in [2.45, 2.75) is 25.7 Å². The number of carbonyl (C=O) groups excluding carboxylic acids is 1. The number of likely N-dealkylation sites (N-methyl/N-ethyl adjacent to an activating group) is 1. The second-order valence-electron chi connectivity index (χ2n) is 9.40. The number of methoxy groups -OCH3 is 2. The van der Waals surface area contributed by atoms with Crippen molar-refractivity contribution in [3.63, 3.8) is 0 Å². The van der Waals surface area contributed by atoms with Gasteiger partial charge in [-0.1, -0.05) is 42.5 Å². The molecule has 38 heavy (non-hydrogen) atoms. The summed E-state index contributed by atoms with van der Waals surface area (Å²) in [5.41, 5.74) is 4.26. The Kier molecular flexibility index (Phi) is 11.2. The van der Waals surface area contributed by atoms with Gasteiger partial charge in [0.1, 0.15) is 0 Å². The van der Waals surface area contributed by atoms with Crippen LogP contribution in [0.5, 0.6) is 11.5 Å². The molecule has 0 aliphatic carbocycles. The summed E-state index contributed by atoms with van der Waals surface area (Å²) in [6.45, 7) is 2.63. The van der Waals surface area contributed by atoms with Gasteiger partial charge in [0.2, 0.25) is 11.5 Å². The third-order valence-electron chi connectivity index (χ3n) is 6.46. The monoisotopic (exact) mass is 517 g/mol. The van der Waals surface area contributed by atoms with Crippen molar-refractivity contribution < 1.29 is 14.3 Å². The summed E-state index contributed by atoms with van der Waals surface area (Å²) in [5, 5.41) is 3.00. The second kappa shape index (κ2) is 14.8. The molecule has 0 aliphatic rings. The quantitative estimate of drug-likeness (QED) is 0.318. The number of pyridine rings is 1. The molecule has 0 saturated heterocycles. The van der Waals surface area contributed by atoms with E-state index in [1.165, 1.54) is 5.56 Å². The first kappa shape index (κ1) is 28.7. The van der Waals surface area contributed by atoms with Gasteiger partial charge in [0.15, 0.2) is 11.5 Å². The van der Waals surface area contributed by atoms with E-state index in [9.17, 15) is 9.59 Å². The minimum Gasteiger partial charge on any atom is -0.493 e. The topological polar surface area (TPSA) is 72.8 Å². The first-order chi connectivity index (χ1) is 18.4. The molecule has 0 atom stereocenters. The van der Waals surface area contributed by atoms with Crippen LogP contribution in [-0.2, 0) is 18.3 Å². The van der Waals surface area contributed by atoms with Crippen molar-refractivity contribution in [3.05, 3.63) is 88.4 Å². The number of hydrogen-bond acceptors (Lipinski definition) is 5. The Morgan fingerprint density at radius 1 is 0.947 bits per heavy atom. The van der Waals surface area contributed by atoms with Crippen molar-refractivity contribution in [2.75, 3.05) is 40.9 Å². The van der Waals surface area contributed by atoms with E-state index in [-0.39, 0.29) is 11.5 Å². The van der Waals surface area contributed by atoms with E-state index in [1.54, 1.807) is 31.9 Å². The summed E-state index contributed by atoms with van der Waals surface area (Å²) < 4.78 is 12.3. The smallest absolute Gasteiger partial charge is 0.250 e. The van der Waals surface area contributed by atoms with E-state index >= 15 is 0 Å². The standard InChI is InChI=1S/C31H39N3O4/c1-33(21-18-25-12-16-28(37-3)29(22-25)38-4)20-6-5-19-32-30(35)9-7-8-24-10-13-26(14-11-24)27-15-17-31(36)34(2)23-27/h7-8,10-17,22-23H,5-6,9,18-21H2,1-4H3,(H,32,35). The number of aryl methyl sites for hydroxylation is 1. The van der Waals surface area contributed by atoms with Gasteiger partial charge < -0.3 is 24.3 Å². The molecular weight excluding hydrogens is 478 g/mol. The van der Waals surface area contributed by atoms with Gasteiger partial charge in [0.25, 0.3) is 0 Å². The molecule has 0 spiro atoms. The lowest BCUT2D eigenvalue weighted by Crippen LogP contribution is -2.26. The average molecular weight is 518 g/mol. The van der Waals surface area contributed by atoms with Crippen LogP contribution < -0.4 is 20.3 Å². The van der Waals surface area contributed by atoms with Crippen molar-refractivity contribution in [1.82, 2.24) is 14.8 Å². The van der Waals surface area contributed by atoms with Crippen LogP contribution in [0.4, 0.5) is 0 Å². The molecule has 1 aromatic heterocycles. The third-order valence-corrected chi connectivity index (χ3v) is 6.46. The predicted octanol–water partition coefficient (Wildman–Crippen LogP) is 4.54. The predicted molar refractivity (Wildman–Crippen MR) is 154 cm³/mol. The van der Waals surface area contributed by atoms with Gasteiger partial charge in [-0.15, -0.1) is 0 Å². The normalized spacial score (nSPS) is 11.2. The highest BCUT2D eigenvalue weighted by Crippen LogP contribution is 2.27. The summed E-state index contributed by atoms with van der Waals surface area (Å²) in [4.78, 5) is 26.0. The first-order valence-electron chi connectivity index (χ1n) is 13.0. The number of ether oxygens (including phenoxy) is 2. The summed E-state index contributed by atoms with van der Waals surface area (Å²) in [6.07, 6.45) is 8.94. The zero-order chi connectivity index (χ0) is 27.3. The summed E-state index contributed by atoms with van der Waals surface area (Å²) in [6, 6.07) is 17.5. The number of benzene rings is 2. The molecule has 1 heterocycles. The SMILES string of the molecule is COc1ccc(CCN(C)CCCCNC(=O)CC=Cc2ccc(-c3ccc(=O)n(C)c3)cc2)cc1OC. The molecule has 0 fully saturated rings. The Hall–Kier alpha value is -3.84. The number of amides is 1. The van der Waals surface area contributed by atoms with Crippen LogP contribution in [0.25, 0.3) is 17.2 Å². The molecule has 3 aromatic rings. The maximum Gasteiger partial charge on any atom is 0.250 e. The lowest BCUT2D eigenvalue weighted by atomic mass is 10.1. The van der Waals surface area contributed by atoms with Crippen molar-refractivity contribution in [1.29, 1.82) is 0 Å². The molecular formula is C31H39N3O4. The van der Waals surface area contributed by atoms with E-state index in [1.807, 2.05) is 60.8 Å². The van der Waals surface area contributed by atoms with Crippen LogP contribution in [0.1, 0.15) is 30.4 Å². The molecule has 1 amide bonds. The Labute approximate surface area is 225 Å². The molecule has 0 aliphatic heterocycles. The molecule has 0 saturated carbocycles. The van der Waals surface area contributed by atoms with Gasteiger partial charge in [-0.2, -0.15) is 0 Å². The van der Waals surface area contributed by atoms with Gasteiger partial charge in [0, 0.05) is 38.8 Å². The summed E-state index contributed by atoms with van der Waals surface area (Å²) >= 11 is 0. The zero-order valence-corrected chi connectivity index (χ0v) is 22.9. The maximum atomic E-state index is 12.2. The Morgan fingerprint density at radius 2 is 1.68 bits per heavy atom. The highest BCUT2D eigenvalue weighted by Gasteiger charge is 2.06. The van der Waals surface area contributed by atoms with E-state index in [0.717, 1.165) is 60.5 Å². The van der Waals surface area contributed by atoms with Crippen molar-refractivity contribution in [3.8, 4) is 22.6 Å². The molecule has 1 N–H and O–H groups in total. The lowest BCUT2D eigenvalue weighted by Gasteiger charge is -2.17. The van der Waals surface area contributed by atoms with E-state index < -0.39 is 0 Å². The maximum absolute atomic E-state index is 12.2. The van der Waals surface area contributed by atoms with Crippen LogP contribution in [0.2, 0.25) is 0 Å². The van der Waals surface area contributed by atoms with Crippen molar-refractivity contribution >= 4 is 12.0 Å². The molecule has 0 bridgehead atoms. The number of nitrogens with zero attached hydrogens (tertiary/aromatic N) is 2. The zero-order valence-electron chi connectivity index (χ0n) is 22.9. The highest BCUT2D eigenvalue weighted by molar-refractivity contribution is 5.78. The van der Waals surface area contributed by atoms with Gasteiger partial charge in [-0.25, -0.2) is 0 Å². The second-order valence-corrected chi connectivity index (χ2v) is 9.40. The number of rotatable bonds is 14. The summed E-state index contributed by atoms with van der Waals surface area (Å²) in [7, 11) is 7.17. The summed E-state index contributed by atoms with van der Waals surface area (Å²) in [5.74, 6) is 1.54. The Balaban J connectivity index is 1.30. The number of carbonyl (C=O) groups is 1. The molecule has 7 heteroatoms. The van der Waals surface area contributed by atoms with Crippen LogP contribution in [0.15, 0.2) is 71.7 Å². The molecule has 2 aromatic carbocycles. The van der Waals surface area contributed by atoms with E-state index in [0.29, 0.717) is 13.0 Å². The van der Waals surface area contributed by atoms with Gasteiger partial charge in [-0.05, 0) is 73.3 Å². The first-order valence-corrected chi connectivity index (χ1v) is 13.0. The number of unbranched alkanes of at least 4 members (excludes halogenated alkanes) is 1. The number of hydrogen-bond donors (Lipinski definition) is 1. The Morgan fingerprint density at radius 3 is 2.39 bits per heavy atom. The molecule has 3 rings (SSSR count). The fourth-order valence-electron chi connectivity index (χ4n) is 4.13. The van der Waals surface area contributed by atoms with Crippen LogP contribution >= 0.6 is 0 Å². The van der Waals surface area contributed by atoms with E-state index in [4.69, 9.17) is 9.47 Å². The van der Waals surface area contributed by atoms with Crippen LogP contribution in [0.3, 0.4) is 0 Å². The van der Waals surface area contributed by atoms with Crippen molar-refractivity contribution in [2.24, 2.45) is 7.05 Å². The minimum absolute atomic E-state index is 0.0265. The fourth-order valence-corrected chi connectivity index (χ4v) is 4.13. The molecule has 202 valence electrons. The van der Waals surface area contributed by atoms with Gasteiger partial charge >= 0.3 is 0 Å². The van der Waals surface area contributed by atoms with Gasteiger partial charge in [-0.3, -0.25) is 9.59 Å². The number of nitrogens with one attached hydrogen (secondary N) is 1. The minimum atomic E-state index is -0.0265.